The van der Waals surface area contributed by atoms with E-state index in [0.29, 0.717) is 5.02 Å². The fourth-order valence-corrected chi connectivity index (χ4v) is 6.28. The van der Waals surface area contributed by atoms with Crippen molar-refractivity contribution >= 4 is 52.4 Å². The molecule has 0 aliphatic rings. The lowest BCUT2D eigenvalue weighted by molar-refractivity contribution is -0.136. The molecule has 3 aromatic carbocycles. The summed E-state index contributed by atoms with van der Waals surface area (Å²) in [5, 5.41) is 21.8. The third kappa shape index (κ3) is 8.18. The molecule has 0 saturated heterocycles. The number of thioether (sulfide) groups is 1. The zero-order valence-electron chi connectivity index (χ0n) is 22.5. The highest BCUT2D eigenvalue weighted by Crippen LogP contribution is 2.38. The molecule has 0 bridgehead atoms. The highest BCUT2D eigenvalue weighted by molar-refractivity contribution is 8.00. The predicted molar refractivity (Wildman–Crippen MR) is 164 cm³/mol. The Morgan fingerprint density at radius 1 is 1.03 bits per heavy atom. The second-order valence-corrected chi connectivity index (χ2v) is 12.4. The highest BCUT2D eigenvalue weighted by atomic mass is 35.5. The molecule has 0 aliphatic heterocycles. The average Bonchev–Trinajstić information content (AvgIpc) is 2.89. The summed E-state index contributed by atoms with van der Waals surface area (Å²) in [6.07, 6.45) is 5.75. The van der Waals surface area contributed by atoms with Gasteiger partial charge in [0.15, 0.2) is 0 Å². The van der Waals surface area contributed by atoms with Gasteiger partial charge in [-0.3, -0.25) is 4.79 Å². The number of hydrogen-bond acceptors (Lipinski definition) is 4. The minimum absolute atomic E-state index is 0.0372. The number of nitrogens with zero attached hydrogens (tertiary/aromatic N) is 1. The predicted octanol–water partition coefficient (Wildman–Crippen LogP) is 8.56. The summed E-state index contributed by atoms with van der Waals surface area (Å²) in [5.41, 5.74) is 5.01. The van der Waals surface area contributed by atoms with Crippen molar-refractivity contribution in [2.75, 3.05) is 0 Å². The third-order valence-corrected chi connectivity index (χ3v) is 8.32. The van der Waals surface area contributed by atoms with Crippen molar-refractivity contribution in [2.45, 2.75) is 56.1 Å². The Bertz CT molecular complexity index is 1480. The first-order valence-electron chi connectivity index (χ1n) is 13.1. The molecule has 0 spiro atoms. The molecule has 0 radical (unpaired) electrons. The van der Waals surface area contributed by atoms with Crippen molar-refractivity contribution < 1.29 is 15.0 Å². The van der Waals surface area contributed by atoms with E-state index in [-0.39, 0.29) is 16.9 Å². The Labute approximate surface area is 239 Å². The SMILES string of the molecule is CC(CC(=O)O)S[C@H](CCc1ccccc1C(C)(C)O)c1cccc(/C=C/c2ccc3ccc(Cl)cc3n2)c1. The molecular weight excluding hydrogens is 526 g/mol. The molecule has 1 aromatic heterocycles. The van der Waals surface area contributed by atoms with Crippen LogP contribution < -0.4 is 0 Å². The van der Waals surface area contributed by atoms with Gasteiger partial charge < -0.3 is 10.2 Å². The Kier molecular flexibility index (Phi) is 9.49. The number of benzene rings is 3. The zero-order chi connectivity index (χ0) is 28.0. The Morgan fingerprint density at radius 2 is 1.79 bits per heavy atom. The number of hydrogen-bond donors (Lipinski definition) is 2. The summed E-state index contributed by atoms with van der Waals surface area (Å²) in [5.74, 6) is -0.790. The maximum atomic E-state index is 11.4. The molecule has 39 heavy (non-hydrogen) atoms. The number of pyridine rings is 1. The van der Waals surface area contributed by atoms with Crippen LogP contribution in [-0.4, -0.2) is 26.4 Å². The van der Waals surface area contributed by atoms with Crippen molar-refractivity contribution in [3.63, 3.8) is 0 Å². The number of aromatic nitrogens is 1. The third-order valence-electron chi connectivity index (χ3n) is 6.62. The van der Waals surface area contributed by atoms with Gasteiger partial charge in [0, 0.05) is 20.9 Å². The fraction of sp³-hybridized carbons (Fsp3) is 0.273. The topological polar surface area (TPSA) is 70.4 Å². The fourth-order valence-electron chi connectivity index (χ4n) is 4.75. The van der Waals surface area contributed by atoms with E-state index in [0.717, 1.165) is 51.7 Å². The summed E-state index contributed by atoms with van der Waals surface area (Å²) in [7, 11) is 0. The van der Waals surface area contributed by atoms with Gasteiger partial charge in [-0.1, -0.05) is 85.3 Å². The number of carboxylic acid groups (broad SMARTS) is 1. The molecule has 1 unspecified atom stereocenters. The van der Waals surface area contributed by atoms with Crippen LogP contribution in [0.5, 0.6) is 0 Å². The summed E-state index contributed by atoms with van der Waals surface area (Å²) in [4.78, 5) is 16.1. The van der Waals surface area contributed by atoms with E-state index < -0.39 is 11.6 Å². The molecule has 0 fully saturated rings. The van der Waals surface area contributed by atoms with Gasteiger partial charge in [0.2, 0.25) is 0 Å². The summed E-state index contributed by atoms with van der Waals surface area (Å²) in [6, 6.07) is 26.1. The Hall–Kier alpha value is -3.12. The van der Waals surface area contributed by atoms with Crippen LogP contribution in [0.15, 0.2) is 78.9 Å². The first-order valence-corrected chi connectivity index (χ1v) is 14.4. The van der Waals surface area contributed by atoms with Gasteiger partial charge in [0.25, 0.3) is 0 Å². The molecular formula is C33H34ClNO3S. The molecule has 0 saturated carbocycles. The van der Waals surface area contributed by atoms with Crippen LogP contribution in [-0.2, 0) is 16.8 Å². The maximum Gasteiger partial charge on any atom is 0.304 e. The van der Waals surface area contributed by atoms with Crippen molar-refractivity contribution in [1.29, 1.82) is 0 Å². The Balaban J connectivity index is 1.57. The van der Waals surface area contributed by atoms with Gasteiger partial charge in [0.05, 0.1) is 23.2 Å². The largest absolute Gasteiger partial charge is 0.481 e. The molecule has 2 atom stereocenters. The van der Waals surface area contributed by atoms with Crippen LogP contribution in [0.2, 0.25) is 5.02 Å². The van der Waals surface area contributed by atoms with Crippen molar-refractivity contribution in [3.05, 3.63) is 112 Å². The molecule has 6 heteroatoms. The van der Waals surface area contributed by atoms with Crippen molar-refractivity contribution in [1.82, 2.24) is 4.98 Å². The number of rotatable bonds is 11. The molecule has 0 amide bonds. The number of fused-ring (bicyclic) bond motifs is 1. The first-order chi connectivity index (χ1) is 18.6. The number of aliphatic hydroxyl groups is 1. The van der Waals surface area contributed by atoms with Gasteiger partial charge in [-0.2, -0.15) is 11.8 Å². The molecule has 1 heterocycles. The lowest BCUT2D eigenvalue weighted by Crippen LogP contribution is -2.18. The Morgan fingerprint density at radius 3 is 2.56 bits per heavy atom. The monoisotopic (exact) mass is 559 g/mol. The second-order valence-electron chi connectivity index (χ2n) is 10.4. The van der Waals surface area contributed by atoms with Gasteiger partial charge in [0.1, 0.15) is 0 Å². The summed E-state index contributed by atoms with van der Waals surface area (Å²) in [6.45, 7) is 5.58. The number of carbonyl (C=O) groups is 1. The average molecular weight is 560 g/mol. The standard InChI is InChI=1S/C33H34ClNO3S/c1-22(19-32(36)37)39-31(18-14-24-8-4-5-10-29(24)33(2,3)38)26-9-6-7-23(20-26)11-16-28-17-13-25-12-15-27(34)21-30(25)35-28/h4-13,15-17,20-22,31,38H,14,18-19H2,1-3H3,(H,36,37)/b16-11+/t22?,31-/m1/s1. The summed E-state index contributed by atoms with van der Waals surface area (Å²) < 4.78 is 0. The number of carboxylic acids is 1. The van der Waals surface area contributed by atoms with Crippen LogP contribution in [0.1, 0.15) is 66.8 Å². The number of aryl methyl sites for hydroxylation is 1. The normalized spacial score (nSPS) is 13.6. The quantitative estimate of drug-likeness (QED) is 0.192. The zero-order valence-corrected chi connectivity index (χ0v) is 24.0. The molecule has 0 aliphatic carbocycles. The van der Waals surface area contributed by atoms with E-state index in [9.17, 15) is 15.0 Å². The maximum absolute atomic E-state index is 11.4. The minimum atomic E-state index is -0.928. The van der Waals surface area contributed by atoms with Crippen LogP contribution in [0.25, 0.3) is 23.1 Å². The van der Waals surface area contributed by atoms with E-state index in [1.54, 1.807) is 11.8 Å². The first kappa shape index (κ1) is 28.9. The molecule has 4 nitrogen and oxygen atoms in total. The van der Waals surface area contributed by atoms with Crippen LogP contribution in [0, 0.1) is 0 Å². The highest BCUT2D eigenvalue weighted by Gasteiger charge is 2.22. The van der Waals surface area contributed by atoms with Crippen LogP contribution in [0.3, 0.4) is 0 Å². The van der Waals surface area contributed by atoms with E-state index in [1.807, 2.05) is 87.5 Å². The molecule has 202 valence electrons. The molecule has 2 N–H and O–H groups in total. The van der Waals surface area contributed by atoms with Gasteiger partial charge in [-0.25, -0.2) is 4.98 Å². The summed E-state index contributed by atoms with van der Waals surface area (Å²) >= 11 is 7.84. The van der Waals surface area contributed by atoms with E-state index >= 15 is 0 Å². The van der Waals surface area contributed by atoms with Crippen LogP contribution >= 0.6 is 23.4 Å². The van der Waals surface area contributed by atoms with Crippen molar-refractivity contribution in [2.24, 2.45) is 0 Å². The van der Waals surface area contributed by atoms with E-state index in [2.05, 4.69) is 24.3 Å². The lowest BCUT2D eigenvalue weighted by Gasteiger charge is -2.24. The second kappa shape index (κ2) is 12.8. The van der Waals surface area contributed by atoms with Gasteiger partial charge in [-0.15, -0.1) is 0 Å². The lowest BCUT2D eigenvalue weighted by atomic mass is 9.90. The number of halogens is 1. The smallest absolute Gasteiger partial charge is 0.304 e. The van der Waals surface area contributed by atoms with E-state index in [1.165, 1.54) is 0 Å². The minimum Gasteiger partial charge on any atom is -0.481 e. The van der Waals surface area contributed by atoms with Gasteiger partial charge in [-0.05, 0) is 73.2 Å². The van der Waals surface area contributed by atoms with Crippen molar-refractivity contribution in [3.8, 4) is 0 Å². The molecule has 4 aromatic rings. The number of aliphatic carboxylic acids is 1. The molecule has 4 rings (SSSR count). The van der Waals surface area contributed by atoms with Gasteiger partial charge >= 0.3 is 5.97 Å². The van der Waals surface area contributed by atoms with E-state index in [4.69, 9.17) is 16.6 Å². The van der Waals surface area contributed by atoms with Crippen LogP contribution in [0.4, 0.5) is 0 Å².